The van der Waals surface area contributed by atoms with Crippen LogP contribution in [0.4, 0.5) is 4.79 Å². The number of hydrogen-bond donors (Lipinski definition) is 2. The number of methoxy groups -OCH3 is 3. The molecule has 2 aliphatic rings. The molecule has 1 aliphatic heterocycles. The highest BCUT2D eigenvalue weighted by molar-refractivity contribution is 6.09. The van der Waals surface area contributed by atoms with Crippen LogP contribution in [-0.4, -0.2) is 56.2 Å². The SMILES string of the molecule is COc1cc(OC)c(OC)cc1CNC(=O)CN1C(=O)N[C@]2(C[C@H](C)CC(C)(C)C2)C1=O. The molecule has 32 heavy (non-hydrogen) atoms. The van der Waals surface area contributed by atoms with Gasteiger partial charge in [0.15, 0.2) is 11.5 Å². The van der Waals surface area contributed by atoms with Crippen molar-refractivity contribution in [1.82, 2.24) is 15.5 Å². The van der Waals surface area contributed by atoms with Crippen LogP contribution in [0.25, 0.3) is 0 Å². The van der Waals surface area contributed by atoms with Crippen LogP contribution >= 0.6 is 0 Å². The highest BCUT2D eigenvalue weighted by Gasteiger charge is 2.56. The van der Waals surface area contributed by atoms with Crippen molar-refractivity contribution in [1.29, 1.82) is 0 Å². The maximum absolute atomic E-state index is 13.2. The zero-order chi connectivity index (χ0) is 23.7. The normalized spacial score (nSPS) is 24.3. The lowest BCUT2D eigenvalue weighted by Gasteiger charge is -2.43. The summed E-state index contributed by atoms with van der Waals surface area (Å²) in [5.74, 6) is 1.08. The molecule has 9 heteroatoms. The van der Waals surface area contributed by atoms with Gasteiger partial charge in [-0.1, -0.05) is 20.8 Å². The number of hydrogen-bond acceptors (Lipinski definition) is 6. The van der Waals surface area contributed by atoms with Gasteiger partial charge in [0, 0.05) is 18.2 Å². The molecular formula is C23H33N3O6. The van der Waals surface area contributed by atoms with Gasteiger partial charge in [0.25, 0.3) is 5.91 Å². The van der Waals surface area contributed by atoms with Crippen LogP contribution in [0.5, 0.6) is 17.2 Å². The van der Waals surface area contributed by atoms with Crippen molar-refractivity contribution in [2.45, 2.75) is 52.1 Å². The highest BCUT2D eigenvalue weighted by Crippen LogP contribution is 2.46. The fourth-order valence-electron chi connectivity index (χ4n) is 5.27. The molecule has 0 bridgehead atoms. The van der Waals surface area contributed by atoms with Gasteiger partial charge in [-0.15, -0.1) is 0 Å². The van der Waals surface area contributed by atoms with Crippen molar-refractivity contribution < 1.29 is 28.6 Å². The second-order valence-electron chi connectivity index (χ2n) is 9.55. The molecule has 1 aromatic carbocycles. The van der Waals surface area contributed by atoms with Crippen LogP contribution in [0, 0.1) is 11.3 Å². The van der Waals surface area contributed by atoms with E-state index < -0.39 is 17.5 Å². The van der Waals surface area contributed by atoms with Gasteiger partial charge in [0.1, 0.15) is 17.8 Å². The molecular weight excluding hydrogens is 414 g/mol. The molecule has 1 heterocycles. The predicted octanol–water partition coefficient (Wildman–Crippen LogP) is 2.47. The molecule has 0 aromatic heterocycles. The van der Waals surface area contributed by atoms with E-state index in [0.29, 0.717) is 41.6 Å². The molecule has 1 aliphatic carbocycles. The second-order valence-corrected chi connectivity index (χ2v) is 9.55. The van der Waals surface area contributed by atoms with E-state index in [9.17, 15) is 14.4 Å². The number of carbonyl (C=O) groups excluding carboxylic acids is 3. The van der Waals surface area contributed by atoms with Crippen molar-refractivity contribution in [2.24, 2.45) is 11.3 Å². The zero-order valence-electron chi connectivity index (χ0n) is 19.7. The number of amides is 4. The van der Waals surface area contributed by atoms with E-state index in [2.05, 4.69) is 31.4 Å². The summed E-state index contributed by atoms with van der Waals surface area (Å²) in [5, 5.41) is 5.64. The number of nitrogens with one attached hydrogen (secondary N) is 2. The van der Waals surface area contributed by atoms with E-state index in [4.69, 9.17) is 14.2 Å². The van der Waals surface area contributed by atoms with E-state index in [0.717, 1.165) is 11.3 Å². The molecule has 176 valence electrons. The summed E-state index contributed by atoms with van der Waals surface area (Å²) in [5.41, 5.74) is -0.316. The first kappa shape index (κ1) is 23.7. The topological polar surface area (TPSA) is 106 Å². The molecule has 9 nitrogen and oxygen atoms in total. The van der Waals surface area contributed by atoms with Crippen LogP contribution in [0.3, 0.4) is 0 Å². The average molecular weight is 448 g/mol. The smallest absolute Gasteiger partial charge is 0.325 e. The van der Waals surface area contributed by atoms with Crippen molar-refractivity contribution in [3.05, 3.63) is 17.7 Å². The molecule has 3 rings (SSSR count). The second kappa shape index (κ2) is 8.88. The number of nitrogens with zero attached hydrogens (tertiary/aromatic N) is 1. The van der Waals surface area contributed by atoms with Gasteiger partial charge < -0.3 is 24.8 Å². The lowest BCUT2D eigenvalue weighted by atomic mass is 9.64. The third-order valence-electron chi connectivity index (χ3n) is 6.19. The standard InChI is InChI=1S/C23H33N3O6/c1-14-9-22(2,3)13-23(10-14)20(28)26(21(29)25-23)12-19(27)24-11-15-7-17(31-5)18(32-6)8-16(15)30-4/h7-8,14H,9-13H2,1-6H3,(H,24,27)(H,25,29)/t14-,23+/m1/s1. The van der Waals surface area contributed by atoms with Crippen LogP contribution in [0.15, 0.2) is 12.1 Å². The molecule has 2 atom stereocenters. The largest absolute Gasteiger partial charge is 0.496 e. The fourth-order valence-corrected chi connectivity index (χ4v) is 5.27. The number of carbonyl (C=O) groups is 3. The number of ether oxygens (including phenoxy) is 3. The van der Waals surface area contributed by atoms with Gasteiger partial charge >= 0.3 is 6.03 Å². The molecule has 1 aromatic rings. The van der Waals surface area contributed by atoms with E-state index in [-0.39, 0.29) is 24.4 Å². The molecule has 1 spiro atoms. The van der Waals surface area contributed by atoms with E-state index >= 15 is 0 Å². The van der Waals surface area contributed by atoms with Gasteiger partial charge in [-0.3, -0.25) is 14.5 Å². The Bertz CT molecular complexity index is 915. The third kappa shape index (κ3) is 4.61. The third-order valence-corrected chi connectivity index (χ3v) is 6.19. The Morgan fingerprint density at radius 2 is 1.72 bits per heavy atom. The quantitative estimate of drug-likeness (QED) is 0.622. The summed E-state index contributed by atoms with van der Waals surface area (Å²) in [6, 6.07) is 2.87. The maximum Gasteiger partial charge on any atom is 0.325 e. The molecule has 2 fully saturated rings. The molecule has 4 amide bonds. The average Bonchev–Trinajstić information content (AvgIpc) is 2.93. The minimum absolute atomic E-state index is 0.0666. The van der Waals surface area contributed by atoms with E-state index in [1.807, 2.05) is 0 Å². The molecule has 2 N–H and O–H groups in total. The van der Waals surface area contributed by atoms with Gasteiger partial charge in [-0.05, 0) is 36.7 Å². The Labute approximate surface area is 188 Å². The lowest BCUT2D eigenvalue weighted by molar-refractivity contribution is -0.137. The number of urea groups is 1. The van der Waals surface area contributed by atoms with Crippen LogP contribution in [0.1, 0.15) is 45.6 Å². The van der Waals surface area contributed by atoms with Crippen LogP contribution < -0.4 is 24.8 Å². The van der Waals surface area contributed by atoms with Crippen molar-refractivity contribution in [2.75, 3.05) is 27.9 Å². The predicted molar refractivity (Wildman–Crippen MR) is 118 cm³/mol. The van der Waals surface area contributed by atoms with E-state index in [1.54, 1.807) is 12.1 Å². The zero-order valence-corrected chi connectivity index (χ0v) is 19.7. The van der Waals surface area contributed by atoms with Crippen molar-refractivity contribution in [3.63, 3.8) is 0 Å². The summed E-state index contributed by atoms with van der Waals surface area (Å²) >= 11 is 0. The monoisotopic (exact) mass is 447 g/mol. The fraction of sp³-hybridized carbons (Fsp3) is 0.609. The molecule has 1 saturated heterocycles. The van der Waals surface area contributed by atoms with Crippen LogP contribution in [-0.2, 0) is 16.1 Å². The molecule has 0 unspecified atom stereocenters. The summed E-state index contributed by atoms with van der Waals surface area (Å²) < 4.78 is 16.0. The Balaban J connectivity index is 1.68. The Morgan fingerprint density at radius 1 is 1.09 bits per heavy atom. The van der Waals surface area contributed by atoms with Crippen molar-refractivity contribution >= 4 is 17.8 Å². The molecule has 1 saturated carbocycles. The Morgan fingerprint density at radius 3 is 2.31 bits per heavy atom. The minimum atomic E-state index is -0.925. The molecule has 0 radical (unpaired) electrons. The number of rotatable bonds is 7. The first-order valence-electron chi connectivity index (χ1n) is 10.7. The van der Waals surface area contributed by atoms with E-state index in [1.165, 1.54) is 21.3 Å². The highest BCUT2D eigenvalue weighted by atomic mass is 16.5. The van der Waals surface area contributed by atoms with Gasteiger partial charge in [0.05, 0.1) is 21.3 Å². The summed E-state index contributed by atoms with van der Waals surface area (Å²) in [7, 11) is 4.57. The summed E-state index contributed by atoms with van der Waals surface area (Å²) in [6.45, 7) is 6.11. The van der Waals surface area contributed by atoms with Crippen LogP contribution in [0.2, 0.25) is 0 Å². The van der Waals surface area contributed by atoms with Crippen molar-refractivity contribution in [3.8, 4) is 17.2 Å². The van der Waals surface area contributed by atoms with Gasteiger partial charge in [0.2, 0.25) is 5.91 Å². The Kier molecular flexibility index (Phi) is 6.57. The first-order chi connectivity index (χ1) is 15.0. The minimum Gasteiger partial charge on any atom is -0.496 e. The van der Waals surface area contributed by atoms with Gasteiger partial charge in [-0.2, -0.15) is 0 Å². The first-order valence-corrected chi connectivity index (χ1v) is 10.7. The number of imide groups is 1. The van der Waals surface area contributed by atoms with Gasteiger partial charge in [-0.25, -0.2) is 4.79 Å². The number of benzene rings is 1. The summed E-state index contributed by atoms with van der Waals surface area (Å²) in [6.07, 6.45) is 2.14. The Hall–Kier alpha value is -2.97. The lowest BCUT2D eigenvalue weighted by Crippen LogP contribution is -2.54. The maximum atomic E-state index is 13.2. The summed E-state index contributed by atoms with van der Waals surface area (Å²) in [4.78, 5) is 39.5.